The van der Waals surface area contributed by atoms with E-state index in [1.54, 1.807) is 0 Å². The van der Waals surface area contributed by atoms with Crippen LogP contribution in [0.5, 0.6) is 0 Å². The fraction of sp³-hybridized carbons (Fsp3) is 1.00. The molecule has 2 heteroatoms. The maximum absolute atomic E-state index is 6.10. The van der Waals surface area contributed by atoms with Gasteiger partial charge >= 0.3 is 0 Å². The van der Waals surface area contributed by atoms with Crippen molar-refractivity contribution >= 4 is 0 Å². The Kier molecular flexibility index (Phi) is 5.30. The summed E-state index contributed by atoms with van der Waals surface area (Å²) in [4.78, 5) is 2.79. The maximum atomic E-state index is 6.10. The fourth-order valence-corrected chi connectivity index (χ4v) is 4.04. The zero-order chi connectivity index (χ0) is 12.1. The van der Waals surface area contributed by atoms with E-state index in [0.717, 1.165) is 18.5 Å². The Balaban J connectivity index is 1.99. The first kappa shape index (κ1) is 13.4. The molecule has 0 aromatic carbocycles. The largest absolute Gasteiger partial charge is 0.329 e. The molecule has 0 aromatic rings. The number of nitrogens with zero attached hydrogens (tertiary/aromatic N) is 1. The smallest absolute Gasteiger partial charge is 0.0249 e. The first-order chi connectivity index (χ1) is 8.36. The number of hydrogen-bond donors (Lipinski definition) is 1. The van der Waals surface area contributed by atoms with Gasteiger partial charge in [-0.1, -0.05) is 32.6 Å². The molecule has 1 aliphatic carbocycles. The van der Waals surface area contributed by atoms with Gasteiger partial charge in [-0.15, -0.1) is 0 Å². The first-order valence-corrected chi connectivity index (χ1v) is 7.82. The van der Waals surface area contributed by atoms with Crippen LogP contribution >= 0.6 is 0 Å². The van der Waals surface area contributed by atoms with Gasteiger partial charge in [-0.05, 0) is 44.6 Å². The minimum atomic E-state index is 0.689. The molecule has 1 heterocycles. The van der Waals surface area contributed by atoms with Crippen LogP contribution in [0, 0.1) is 5.92 Å². The van der Waals surface area contributed by atoms with Gasteiger partial charge in [0, 0.05) is 18.6 Å². The van der Waals surface area contributed by atoms with Crippen molar-refractivity contribution in [2.24, 2.45) is 11.7 Å². The van der Waals surface area contributed by atoms with Crippen molar-refractivity contribution in [1.82, 2.24) is 4.90 Å². The Morgan fingerprint density at radius 3 is 2.47 bits per heavy atom. The molecule has 0 bridgehead atoms. The zero-order valence-corrected chi connectivity index (χ0v) is 11.5. The van der Waals surface area contributed by atoms with Crippen LogP contribution in [-0.2, 0) is 0 Å². The SMILES string of the molecule is CCCC1CCCCN1C(CN)C1CCCC1. The highest BCUT2D eigenvalue weighted by atomic mass is 15.2. The van der Waals surface area contributed by atoms with Gasteiger partial charge in [0.25, 0.3) is 0 Å². The molecule has 2 rings (SSSR count). The van der Waals surface area contributed by atoms with Gasteiger partial charge in [0.1, 0.15) is 0 Å². The van der Waals surface area contributed by atoms with Gasteiger partial charge < -0.3 is 5.73 Å². The fourth-order valence-electron chi connectivity index (χ4n) is 4.04. The number of rotatable bonds is 5. The Morgan fingerprint density at radius 2 is 1.82 bits per heavy atom. The number of piperidine rings is 1. The highest BCUT2D eigenvalue weighted by Gasteiger charge is 2.33. The summed E-state index contributed by atoms with van der Waals surface area (Å²) in [5.41, 5.74) is 6.10. The molecule has 100 valence electrons. The highest BCUT2D eigenvalue weighted by molar-refractivity contribution is 4.89. The average Bonchev–Trinajstić information content (AvgIpc) is 2.86. The summed E-state index contributed by atoms with van der Waals surface area (Å²) in [5, 5.41) is 0. The van der Waals surface area contributed by atoms with E-state index < -0.39 is 0 Å². The second kappa shape index (κ2) is 6.75. The van der Waals surface area contributed by atoms with Gasteiger partial charge in [-0.3, -0.25) is 4.90 Å². The molecule has 0 amide bonds. The minimum Gasteiger partial charge on any atom is -0.329 e. The predicted octanol–water partition coefficient (Wildman–Crippen LogP) is 3.16. The molecule has 0 spiro atoms. The van der Waals surface area contributed by atoms with E-state index in [9.17, 15) is 0 Å². The van der Waals surface area contributed by atoms with Crippen LogP contribution in [-0.4, -0.2) is 30.1 Å². The van der Waals surface area contributed by atoms with Crippen molar-refractivity contribution in [3.8, 4) is 0 Å². The molecule has 17 heavy (non-hydrogen) atoms. The molecule has 0 radical (unpaired) electrons. The third-order valence-electron chi connectivity index (χ3n) is 4.91. The summed E-state index contributed by atoms with van der Waals surface area (Å²) >= 11 is 0. The third-order valence-corrected chi connectivity index (χ3v) is 4.91. The molecule has 2 nitrogen and oxygen atoms in total. The zero-order valence-electron chi connectivity index (χ0n) is 11.5. The molecule has 0 aromatic heterocycles. The van der Waals surface area contributed by atoms with E-state index >= 15 is 0 Å². The second-order valence-electron chi connectivity index (χ2n) is 6.02. The van der Waals surface area contributed by atoms with E-state index in [-0.39, 0.29) is 0 Å². The van der Waals surface area contributed by atoms with Crippen molar-refractivity contribution < 1.29 is 0 Å². The molecule has 2 N–H and O–H groups in total. The Hall–Kier alpha value is -0.0800. The Bertz CT molecular complexity index is 209. The van der Waals surface area contributed by atoms with Gasteiger partial charge in [0.15, 0.2) is 0 Å². The van der Waals surface area contributed by atoms with Crippen molar-refractivity contribution in [2.45, 2.75) is 76.8 Å². The third kappa shape index (κ3) is 3.23. The van der Waals surface area contributed by atoms with Crippen molar-refractivity contribution in [2.75, 3.05) is 13.1 Å². The minimum absolute atomic E-state index is 0.689. The van der Waals surface area contributed by atoms with Gasteiger partial charge in [0.05, 0.1) is 0 Å². The summed E-state index contributed by atoms with van der Waals surface area (Å²) in [5.74, 6) is 0.900. The summed E-state index contributed by atoms with van der Waals surface area (Å²) in [6.45, 7) is 4.51. The summed E-state index contributed by atoms with van der Waals surface area (Å²) < 4.78 is 0. The lowest BCUT2D eigenvalue weighted by Crippen LogP contribution is -2.52. The number of nitrogens with two attached hydrogens (primary N) is 1. The van der Waals surface area contributed by atoms with Crippen LogP contribution in [0.15, 0.2) is 0 Å². The number of hydrogen-bond acceptors (Lipinski definition) is 2. The molecular weight excluding hydrogens is 208 g/mol. The predicted molar refractivity (Wildman–Crippen MR) is 74.1 cm³/mol. The molecule has 1 aliphatic heterocycles. The quantitative estimate of drug-likeness (QED) is 0.797. The second-order valence-corrected chi connectivity index (χ2v) is 6.02. The van der Waals surface area contributed by atoms with Gasteiger partial charge in [0.2, 0.25) is 0 Å². The maximum Gasteiger partial charge on any atom is 0.0249 e. The molecule has 1 saturated heterocycles. The van der Waals surface area contributed by atoms with E-state index in [1.165, 1.54) is 64.3 Å². The standard InChI is InChI=1S/C15H30N2/c1-2-7-14-10-5-6-11-17(14)15(12-16)13-8-3-4-9-13/h13-15H,2-12,16H2,1H3. The summed E-state index contributed by atoms with van der Waals surface area (Å²) in [7, 11) is 0. The van der Waals surface area contributed by atoms with E-state index in [2.05, 4.69) is 11.8 Å². The monoisotopic (exact) mass is 238 g/mol. The van der Waals surface area contributed by atoms with Crippen molar-refractivity contribution in [3.63, 3.8) is 0 Å². The van der Waals surface area contributed by atoms with Gasteiger partial charge in [-0.25, -0.2) is 0 Å². The van der Waals surface area contributed by atoms with E-state index in [1.807, 2.05) is 0 Å². The normalized spacial score (nSPS) is 29.6. The highest BCUT2D eigenvalue weighted by Crippen LogP contribution is 2.33. The van der Waals surface area contributed by atoms with E-state index in [4.69, 9.17) is 5.73 Å². The Morgan fingerprint density at radius 1 is 1.12 bits per heavy atom. The van der Waals surface area contributed by atoms with Gasteiger partial charge in [-0.2, -0.15) is 0 Å². The van der Waals surface area contributed by atoms with Crippen LogP contribution in [0.4, 0.5) is 0 Å². The summed E-state index contributed by atoms with van der Waals surface area (Å²) in [6.07, 6.45) is 12.7. The molecule has 2 fully saturated rings. The van der Waals surface area contributed by atoms with Crippen LogP contribution in [0.2, 0.25) is 0 Å². The lowest BCUT2D eigenvalue weighted by Gasteiger charge is -2.43. The lowest BCUT2D eigenvalue weighted by molar-refractivity contribution is 0.0610. The summed E-state index contributed by atoms with van der Waals surface area (Å²) in [6, 6.07) is 1.53. The van der Waals surface area contributed by atoms with Crippen LogP contribution in [0.25, 0.3) is 0 Å². The van der Waals surface area contributed by atoms with Crippen LogP contribution in [0.3, 0.4) is 0 Å². The van der Waals surface area contributed by atoms with Crippen LogP contribution < -0.4 is 5.73 Å². The Labute approximate surface area is 107 Å². The topological polar surface area (TPSA) is 29.3 Å². The lowest BCUT2D eigenvalue weighted by atomic mass is 9.90. The number of likely N-dealkylation sites (tertiary alicyclic amines) is 1. The average molecular weight is 238 g/mol. The van der Waals surface area contributed by atoms with Crippen molar-refractivity contribution in [1.29, 1.82) is 0 Å². The van der Waals surface area contributed by atoms with Crippen molar-refractivity contribution in [3.05, 3.63) is 0 Å². The molecule has 1 saturated carbocycles. The molecule has 2 aliphatic rings. The molecule has 2 unspecified atom stereocenters. The van der Waals surface area contributed by atoms with E-state index in [0.29, 0.717) is 6.04 Å². The molecular formula is C15H30N2. The molecule has 2 atom stereocenters. The van der Waals surface area contributed by atoms with Crippen LogP contribution in [0.1, 0.15) is 64.7 Å². The first-order valence-electron chi connectivity index (χ1n) is 7.82.